The molecule has 3 heteroatoms. The Hall–Kier alpha value is -4.27. The van der Waals surface area contributed by atoms with Gasteiger partial charge in [-0.3, -0.25) is 0 Å². The topological polar surface area (TPSA) is 28.9 Å². The average Bonchev–Trinajstić information content (AvgIpc) is 3.49. The van der Waals surface area contributed by atoms with Crippen LogP contribution in [0.3, 0.4) is 0 Å². The van der Waals surface area contributed by atoms with Gasteiger partial charge in [-0.05, 0) is 47.0 Å². The fourth-order valence-corrected chi connectivity index (χ4v) is 5.51. The number of para-hydroxylation sites is 1. The summed E-state index contributed by atoms with van der Waals surface area (Å²) in [4.78, 5) is 3.75. The highest BCUT2D eigenvalue weighted by Gasteiger charge is 2.32. The van der Waals surface area contributed by atoms with Crippen molar-refractivity contribution in [2.45, 2.75) is 5.92 Å². The van der Waals surface area contributed by atoms with Gasteiger partial charge in [0.15, 0.2) is 0 Å². The Morgan fingerprint density at radius 2 is 1.39 bits per heavy atom. The highest BCUT2D eigenvalue weighted by Crippen LogP contribution is 2.48. The fourth-order valence-electron chi connectivity index (χ4n) is 5.39. The summed E-state index contributed by atoms with van der Waals surface area (Å²) in [5.74, 6) is 1.76. The van der Waals surface area contributed by atoms with Gasteiger partial charge in [0.2, 0.25) is 0 Å². The molecule has 36 heavy (non-hydrogen) atoms. The van der Waals surface area contributed by atoms with Crippen LogP contribution in [-0.2, 0) is 0 Å². The minimum atomic E-state index is 0.00890. The monoisotopic (exact) mass is 483 g/mol. The minimum absolute atomic E-state index is 0.00890. The quantitative estimate of drug-likeness (QED) is 0.266. The fraction of sp³-hybridized carbons (Fsp3) is 0.0303. The number of furan rings is 1. The predicted molar refractivity (Wildman–Crippen MR) is 148 cm³/mol. The summed E-state index contributed by atoms with van der Waals surface area (Å²) in [5, 5.41) is 1.94. The van der Waals surface area contributed by atoms with Crippen molar-refractivity contribution >= 4 is 34.2 Å². The van der Waals surface area contributed by atoms with E-state index in [9.17, 15) is 0 Å². The van der Waals surface area contributed by atoms with Crippen LogP contribution in [0.5, 0.6) is 0 Å². The second kappa shape index (κ2) is 8.44. The molecule has 2 nitrogen and oxygen atoms in total. The van der Waals surface area contributed by atoms with E-state index < -0.39 is 0 Å². The van der Waals surface area contributed by atoms with Crippen LogP contribution < -0.4 is 0 Å². The standard InChI is InChI=1S/C33H22ClNO/c34-24-17-15-21(16-18-24)26-19-30-27(20-29(36-30)22-9-3-1-4-10-22)31(23-11-5-2-6-12-23)32-25-13-7-8-14-28(25)35-33(26)32/h1-20,31,35H. The average molecular weight is 484 g/mol. The van der Waals surface area contributed by atoms with Crippen LogP contribution in [0.15, 0.2) is 120 Å². The molecule has 6 aromatic rings. The van der Waals surface area contributed by atoms with Crippen LogP contribution >= 0.6 is 11.6 Å². The zero-order valence-electron chi connectivity index (χ0n) is 19.4. The number of fused-ring (bicyclic) bond motifs is 4. The Kier molecular flexibility index (Phi) is 4.93. The Morgan fingerprint density at radius 1 is 0.694 bits per heavy atom. The van der Waals surface area contributed by atoms with Gasteiger partial charge in [0.05, 0.1) is 5.69 Å². The molecule has 172 valence electrons. The maximum Gasteiger partial charge on any atom is 0.135 e. The molecule has 1 aliphatic rings. The first-order valence-electron chi connectivity index (χ1n) is 12.1. The lowest BCUT2D eigenvalue weighted by Crippen LogP contribution is -2.04. The zero-order chi connectivity index (χ0) is 24.1. The summed E-state index contributed by atoms with van der Waals surface area (Å²) in [5.41, 5.74) is 9.13. The van der Waals surface area contributed by atoms with E-state index in [4.69, 9.17) is 16.0 Å². The first kappa shape index (κ1) is 21.0. The molecular formula is C33H22ClNO. The van der Waals surface area contributed by atoms with Gasteiger partial charge in [-0.25, -0.2) is 0 Å². The molecule has 0 bridgehead atoms. The van der Waals surface area contributed by atoms with Gasteiger partial charge in [0, 0.05) is 38.5 Å². The normalized spacial score (nSPS) is 14.7. The third-order valence-electron chi connectivity index (χ3n) is 7.03. The van der Waals surface area contributed by atoms with Gasteiger partial charge >= 0.3 is 0 Å². The summed E-state index contributed by atoms with van der Waals surface area (Å²) in [6.45, 7) is 0. The molecule has 4 aromatic carbocycles. The number of hydrogen-bond donors (Lipinski definition) is 1. The molecule has 1 aliphatic carbocycles. The number of rotatable bonds is 3. The zero-order valence-corrected chi connectivity index (χ0v) is 20.2. The van der Waals surface area contributed by atoms with Crippen LogP contribution in [0.2, 0.25) is 5.02 Å². The molecule has 1 atom stereocenters. The van der Waals surface area contributed by atoms with Crippen molar-refractivity contribution in [2.75, 3.05) is 0 Å². The van der Waals surface area contributed by atoms with E-state index in [-0.39, 0.29) is 5.92 Å². The summed E-state index contributed by atoms with van der Waals surface area (Å²) >= 11 is 6.26. The van der Waals surface area contributed by atoms with E-state index in [2.05, 4.69) is 96.0 Å². The van der Waals surface area contributed by atoms with Gasteiger partial charge in [0.1, 0.15) is 11.5 Å². The number of hydrogen-bond acceptors (Lipinski definition) is 1. The second-order valence-corrected chi connectivity index (χ2v) is 9.60. The molecule has 2 aromatic heterocycles. The number of halogens is 1. The molecule has 0 aliphatic heterocycles. The van der Waals surface area contributed by atoms with E-state index in [1.165, 1.54) is 16.5 Å². The lowest BCUT2D eigenvalue weighted by molar-refractivity contribution is 0.567. The highest BCUT2D eigenvalue weighted by atomic mass is 35.5. The van der Waals surface area contributed by atoms with Gasteiger partial charge in [-0.15, -0.1) is 0 Å². The second-order valence-electron chi connectivity index (χ2n) is 9.16. The van der Waals surface area contributed by atoms with Crippen LogP contribution in [0, 0.1) is 0 Å². The smallest absolute Gasteiger partial charge is 0.135 e. The summed E-state index contributed by atoms with van der Waals surface area (Å²) in [6, 6.07) is 39.8. The number of aromatic nitrogens is 1. The third kappa shape index (κ3) is 3.42. The molecule has 0 spiro atoms. The van der Waals surface area contributed by atoms with Gasteiger partial charge in [0.25, 0.3) is 0 Å². The molecule has 0 radical (unpaired) electrons. The molecule has 1 N–H and O–H groups in total. The molecule has 1 unspecified atom stereocenters. The van der Waals surface area contributed by atoms with Crippen LogP contribution in [0.1, 0.15) is 39.6 Å². The first-order valence-corrected chi connectivity index (χ1v) is 12.5. The minimum Gasteiger partial charge on any atom is -0.456 e. The Morgan fingerprint density at radius 3 is 2.17 bits per heavy atom. The Balaban J connectivity index is 1.57. The Bertz CT molecular complexity index is 1720. The number of benzene rings is 4. The van der Waals surface area contributed by atoms with Crippen molar-refractivity contribution in [3.05, 3.63) is 154 Å². The SMILES string of the molecule is Clc1ccc(C2=Cc3oc(-c4ccccc4)cc3C(c3ccccc3)c3c2[nH]c2ccccc32)cc1. The lowest BCUT2D eigenvalue weighted by Gasteiger charge is -2.18. The molecule has 7 rings (SSSR count). The van der Waals surface area contributed by atoms with Crippen molar-refractivity contribution in [1.82, 2.24) is 4.98 Å². The summed E-state index contributed by atoms with van der Waals surface area (Å²) < 4.78 is 6.60. The van der Waals surface area contributed by atoms with E-state index in [0.717, 1.165) is 50.0 Å². The maximum absolute atomic E-state index is 6.60. The Labute approximate surface area is 214 Å². The number of nitrogens with one attached hydrogen (secondary N) is 1. The van der Waals surface area contributed by atoms with E-state index >= 15 is 0 Å². The molecular weight excluding hydrogens is 462 g/mol. The van der Waals surface area contributed by atoms with Crippen LogP contribution in [0.4, 0.5) is 0 Å². The van der Waals surface area contributed by atoms with E-state index in [1.807, 2.05) is 30.3 Å². The van der Waals surface area contributed by atoms with Crippen molar-refractivity contribution < 1.29 is 4.42 Å². The van der Waals surface area contributed by atoms with Crippen LogP contribution in [-0.4, -0.2) is 4.98 Å². The maximum atomic E-state index is 6.60. The van der Waals surface area contributed by atoms with E-state index in [1.54, 1.807) is 0 Å². The predicted octanol–water partition coefficient (Wildman–Crippen LogP) is 9.16. The largest absolute Gasteiger partial charge is 0.456 e. The van der Waals surface area contributed by atoms with Gasteiger partial charge in [-0.1, -0.05) is 103 Å². The molecule has 2 heterocycles. The summed E-state index contributed by atoms with van der Waals surface area (Å²) in [7, 11) is 0. The van der Waals surface area contributed by atoms with Crippen molar-refractivity contribution in [3.8, 4) is 11.3 Å². The molecule has 0 saturated heterocycles. The number of aromatic amines is 1. The van der Waals surface area contributed by atoms with Gasteiger partial charge in [-0.2, -0.15) is 0 Å². The summed E-state index contributed by atoms with van der Waals surface area (Å²) in [6.07, 6.45) is 2.18. The highest BCUT2D eigenvalue weighted by molar-refractivity contribution is 6.30. The molecule has 0 amide bonds. The number of H-pyrrole nitrogens is 1. The van der Waals surface area contributed by atoms with Gasteiger partial charge < -0.3 is 9.40 Å². The first-order chi connectivity index (χ1) is 17.8. The van der Waals surface area contributed by atoms with Crippen molar-refractivity contribution in [3.63, 3.8) is 0 Å². The van der Waals surface area contributed by atoms with Crippen LogP contribution in [0.25, 0.3) is 33.9 Å². The molecule has 0 saturated carbocycles. The van der Waals surface area contributed by atoms with E-state index in [0.29, 0.717) is 0 Å². The van der Waals surface area contributed by atoms with Crippen molar-refractivity contribution in [2.24, 2.45) is 0 Å². The lowest BCUT2D eigenvalue weighted by atomic mass is 9.83. The van der Waals surface area contributed by atoms with Crippen molar-refractivity contribution in [1.29, 1.82) is 0 Å². The molecule has 0 fully saturated rings. The third-order valence-corrected chi connectivity index (χ3v) is 7.28.